The molecule has 0 aromatic rings. The summed E-state index contributed by atoms with van der Waals surface area (Å²) in [6.07, 6.45) is 2.67. The van der Waals surface area contributed by atoms with Crippen molar-refractivity contribution in [3.05, 3.63) is 36.8 Å². The van der Waals surface area contributed by atoms with Crippen LogP contribution >= 0.6 is 0 Å². The Morgan fingerprint density at radius 2 is 1.67 bits per heavy atom. The van der Waals surface area contributed by atoms with Crippen molar-refractivity contribution >= 4 is 0 Å². The van der Waals surface area contributed by atoms with E-state index in [-0.39, 0.29) is 12.1 Å². The van der Waals surface area contributed by atoms with Crippen LogP contribution in [0.3, 0.4) is 0 Å². The van der Waals surface area contributed by atoms with Crippen molar-refractivity contribution in [2.24, 2.45) is 23.1 Å². The Labute approximate surface area is 129 Å². The van der Waals surface area contributed by atoms with E-state index in [1.165, 1.54) is 0 Å². The van der Waals surface area contributed by atoms with Gasteiger partial charge in [-0.2, -0.15) is 0 Å². The number of hydrogen-bond acceptors (Lipinski definition) is 5. The van der Waals surface area contributed by atoms with E-state index in [4.69, 9.17) is 17.2 Å². The maximum absolute atomic E-state index is 5.86. The van der Waals surface area contributed by atoms with Crippen molar-refractivity contribution in [2.75, 3.05) is 13.1 Å². The predicted molar refractivity (Wildman–Crippen MR) is 92.3 cm³/mol. The van der Waals surface area contributed by atoms with Crippen LogP contribution in [0.1, 0.15) is 33.1 Å². The van der Waals surface area contributed by atoms with Gasteiger partial charge in [0.05, 0.1) is 12.1 Å². The third kappa shape index (κ3) is 8.42. The highest BCUT2D eigenvalue weighted by atomic mass is 15.0. The fourth-order valence-electron chi connectivity index (χ4n) is 2.06. The Kier molecular flexibility index (Phi) is 9.58. The smallest absolute Gasteiger partial charge is 0.0653 e. The Hall–Kier alpha value is -1.46. The van der Waals surface area contributed by atoms with E-state index in [1.54, 1.807) is 0 Å². The highest BCUT2D eigenvalue weighted by Gasteiger charge is 2.18. The molecule has 0 aliphatic rings. The largest absolute Gasteiger partial charge is 0.401 e. The van der Waals surface area contributed by atoms with Gasteiger partial charge >= 0.3 is 0 Å². The summed E-state index contributed by atoms with van der Waals surface area (Å²) in [4.78, 5) is 0. The Balaban J connectivity index is 4.75. The van der Waals surface area contributed by atoms with E-state index in [2.05, 4.69) is 44.2 Å². The summed E-state index contributed by atoms with van der Waals surface area (Å²) in [7, 11) is 0. The molecule has 2 unspecified atom stereocenters. The molecule has 0 radical (unpaired) electrons. The second kappa shape index (κ2) is 10.3. The maximum Gasteiger partial charge on any atom is 0.0653 e. The van der Waals surface area contributed by atoms with Crippen molar-refractivity contribution in [3.63, 3.8) is 0 Å². The van der Waals surface area contributed by atoms with Gasteiger partial charge in [0.1, 0.15) is 0 Å². The van der Waals surface area contributed by atoms with Crippen molar-refractivity contribution < 1.29 is 0 Å². The van der Waals surface area contributed by atoms with Gasteiger partial charge in [-0.25, -0.2) is 0 Å². The van der Waals surface area contributed by atoms with Crippen LogP contribution in [0, 0.1) is 5.92 Å². The predicted octanol–water partition coefficient (Wildman–Crippen LogP) is 1.15. The lowest BCUT2D eigenvalue weighted by Crippen LogP contribution is -2.43. The van der Waals surface area contributed by atoms with Crippen molar-refractivity contribution in [1.82, 2.24) is 10.6 Å². The van der Waals surface area contributed by atoms with E-state index in [0.29, 0.717) is 24.7 Å². The lowest BCUT2D eigenvalue weighted by molar-refractivity contribution is 0.448. The number of rotatable bonds is 12. The van der Waals surface area contributed by atoms with Gasteiger partial charge in [0, 0.05) is 23.6 Å². The fourth-order valence-corrected chi connectivity index (χ4v) is 2.06. The molecule has 0 heterocycles. The molecule has 0 rings (SSSR count). The van der Waals surface area contributed by atoms with E-state index in [0.717, 1.165) is 30.7 Å². The van der Waals surface area contributed by atoms with Crippen LogP contribution in [0.4, 0.5) is 0 Å². The molecule has 5 nitrogen and oxygen atoms in total. The van der Waals surface area contributed by atoms with E-state index in [9.17, 15) is 0 Å². The molecule has 0 saturated carbocycles. The normalized spacial score (nSPS) is 13.6. The summed E-state index contributed by atoms with van der Waals surface area (Å²) >= 11 is 0. The summed E-state index contributed by atoms with van der Waals surface area (Å²) in [5.41, 5.74) is 19.3. The van der Waals surface area contributed by atoms with Gasteiger partial charge < -0.3 is 27.8 Å². The van der Waals surface area contributed by atoms with Crippen LogP contribution < -0.4 is 27.8 Å². The highest BCUT2D eigenvalue weighted by Crippen LogP contribution is 2.13. The average molecular weight is 295 g/mol. The van der Waals surface area contributed by atoms with Gasteiger partial charge in [-0.1, -0.05) is 33.6 Å². The number of nitrogens with two attached hydrogens (primary N) is 3. The van der Waals surface area contributed by atoms with Crippen molar-refractivity contribution in [1.29, 1.82) is 0 Å². The molecule has 0 fully saturated rings. The molecule has 0 aromatic heterocycles. The molecule has 0 spiro atoms. The summed E-state index contributed by atoms with van der Waals surface area (Å²) in [5, 5.41) is 6.69. The second-order valence-corrected chi connectivity index (χ2v) is 5.86. The summed E-state index contributed by atoms with van der Waals surface area (Å²) in [6.45, 7) is 17.3. The molecular formula is C16H33N5. The molecule has 0 amide bonds. The molecule has 0 aromatic carbocycles. The van der Waals surface area contributed by atoms with Gasteiger partial charge in [-0.05, 0) is 31.7 Å². The van der Waals surface area contributed by atoms with Crippen LogP contribution in [-0.2, 0) is 0 Å². The molecule has 2 atom stereocenters. The maximum atomic E-state index is 5.86. The number of nitrogens with one attached hydrogen (secondary N) is 2. The molecule has 8 N–H and O–H groups in total. The Morgan fingerprint density at radius 1 is 1.05 bits per heavy atom. The quantitative estimate of drug-likeness (QED) is 0.372. The van der Waals surface area contributed by atoms with Gasteiger partial charge in [0.25, 0.3) is 0 Å². The molecule has 0 aliphatic carbocycles. The monoisotopic (exact) mass is 295 g/mol. The minimum absolute atomic E-state index is 0.0105. The summed E-state index contributed by atoms with van der Waals surface area (Å²) in [5.74, 6) is 0.523. The summed E-state index contributed by atoms with van der Waals surface area (Å²) in [6, 6.07) is 0.0597. The molecular weight excluding hydrogens is 262 g/mol. The van der Waals surface area contributed by atoms with Gasteiger partial charge in [0.15, 0.2) is 0 Å². The highest BCUT2D eigenvalue weighted by molar-refractivity contribution is 5.14. The van der Waals surface area contributed by atoms with Crippen LogP contribution in [0.2, 0.25) is 0 Å². The first-order valence-corrected chi connectivity index (χ1v) is 7.55. The van der Waals surface area contributed by atoms with Gasteiger partial charge in [0.2, 0.25) is 0 Å². The lowest BCUT2D eigenvalue weighted by atomic mass is 10.00. The zero-order valence-electron chi connectivity index (χ0n) is 13.6. The third-order valence-corrected chi connectivity index (χ3v) is 3.26. The topological polar surface area (TPSA) is 102 Å². The van der Waals surface area contributed by atoms with Crippen molar-refractivity contribution in [3.8, 4) is 0 Å². The first-order chi connectivity index (χ1) is 9.81. The fraction of sp³-hybridized carbons (Fsp3) is 0.625. The van der Waals surface area contributed by atoms with Gasteiger partial charge in [-0.3, -0.25) is 0 Å². The molecule has 21 heavy (non-hydrogen) atoms. The molecule has 0 saturated heterocycles. The molecule has 0 aliphatic heterocycles. The zero-order valence-corrected chi connectivity index (χ0v) is 13.6. The average Bonchev–Trinajstić information content (AvgIpc) is 2.41. The van der Waals surface area contributed by atoms with E-state index in [1.807, 2.05) is 0 Å². The van der Waals surface area contributed by atoms with E-state index >= 15 is 0 Å². The molecule has 0 bridgehead atoms. The first kappa shape index (κ1) is 19.5. The number of hydrogen-bond donors (Lipinski definition) is 5. The minimum atomic E-state index is -0.0105. The van der Waals surface area contributed by atoms with Gasteiger partial charge in [-0.15, -0.1) is 0 Å². The van der Waals surface area contributed by atoms with E-state index < -0.39 is 0 Å². The molecule has 122 valence electrons. The van der Waals surface area contributed by atoms with Crippen LogP contribution in [0.5, 0.6) is 0 Å². The lowest BCUT2D eigenvalue weighted by Gasteiger charge is -2.29. The zero-order chi connectivity index (χ0) is 16.4. The second-order valence-electron chi connectivity index (χ2n) is 5.86. The van der Waals surface area contributed by atoms with Crippen LogP contribution in [0.15, 0.2) is 36.8 Å². The van der Waals surface area contributed by atoms with Crippen LogP contribution in [0.25, 0.3) is 0 Å². The Morgan fingerprint density at radius 3 is 2.10 bits per heavy atom. The Bertz CT molecular complexity index is 349. The third-order valence-electron chi connectivity index (χ3n) is 3.26. The SMILES string of the molecule is C=C(CN)NC(CC(C)C)C(=C)NC(CCCN)C(=C)N. The first-order valence-electron chi connectivity index (χ1n) is 7.55. The van der Waals surface area contributed by atoms with Crippen molar-refractivity contribution in [2.45, 2.75) is 45.2 Å². The van der Waals surface area contributed by atoms with Crippen LogP contribution in [-0.4, -0.2) is 25.2 Å². The molecule has 5 heteroatoms. The standard InChI is InChI=1S/C16H33N5/c1-11(2)9-16(20-12(3)10-18)14(5)21-15(13(4)19)7-6-8-17/h11,15-16,20-21H,3-10,17-19H2,1-2H3. The summed E-state index contributed by atoms with van der Waals surface area (Å²) < 4.78 is 0. The minimum Gasteiger partial charge on any atom is -0.401 e.